The van der Waals surface area contributed by atoms with Crippen LogP contribution in [0.5, 0.6) is 0 Å². The van der Waals surface area contributed by atoms with Crippen molar-refractivity contribution in [2.45, 2.75) is 13.0 Å². The van der Waals surface area contributed by atoms with Gasteiger partial charge in [-0.05, 0) is 6.07 Å². The third-order valence-corrected chi connectivity index (χ3v) is 4.39. The van der Waals surface area contributed by atoms with Crippen LogP contribution in [0.4, 0.5) is 8.78 Å². The Kier molecular flexibility index (Phi) is 5.84. The van der Waals surface area contributed by atoms with Crippen LogP contribution in [0.2, 0.25) is 0 Å². The molecule has 0 heterocycles. The third kappa shape index (κ3) is 5.22. The van der Waals surface area contributed by atoms with Crippen LogP contribution in [0.1, 0.15) is 18.6 Å². The van der Waals surface area contributed by atoms with E-state index in [0.717, 1.165) is 6.07 Å². The van der Waals surface area contributed by atoms with Crippen molar-refractivity contribution in [2.75, 3.05) is 24.6 Å². The predicted molar refractivity (Wildman–Crippen MR) is 68.5 cm³/mol. The first-order valence-electron chi connectivity index (χ1n) is 5.90. The maximum absolute atomic E-state index is 13.3. The van der Waals surface area contributed by atoms with Crippen molar-refractivity contribution in [3.63, 3.8) is 0 Å². The molecule has 19 heavy (non-hydrogen) atoms. The van der Waals surface area contributed by atoms with E-state index in [0.29, 0.717) is 6.07 Å². The topological polar surface area (TPSA) is 66.4 Å². The van der Waals surface area contributed by atoms with Crippen LogP contribution < -0.4 is 5.32 Å². The van der Waals surface area contributed by atoms with Crippen molar-refractivity contribution in [1.82, 2.24) is 5.32 Å². The van der Waals surface area contributed by atoms with Crippen molar-refractivity contribution >= 4 is 9.84 Å². The van der Waals surface area contributed by atoms with Gasteiger partial charge in [-0.15, -0.1) is 0 Å². The van der Waals surface area contributed by atoms with Crippen molar-refractivity contribution < 1.29 is 22.3 Å². The lowest BCUT2D eigenvalue weighted by molar-refractivity contribution is 0.171. The molecule has 0 aliphatic carbocycles. The molecule has 0 bridgehead atoms. The van der Waals surface area contributed by atoms with Gasteiger partial charge < -0.3 is 10.4 Å². The molecule has 1 aromatic rings. The van der Waals surface area contributed by atoms with E-state index in [1.807, 2.05) is 0 Å². The monoisotopic (exact) mass is 293 g/mol. The minimum Gasteiger partial charge on any atom is -0.387 e. The highest BCUT2D eigenvalue weighted by Crippen LogP contribution is 2.17. The lowest BCUT2D eigenvalue weighted by atomic mass is 10.1. The van der Waals surface area contributed by atoms with Gasteiger partial charge in [0, 0.05) is 30.5 Å². The van der Waals surface area contributed by atoms with Crippen molar-refractivity contribution in [1.29, 1.82) is 0 Å². The Hall–Kier alpha value is -1.05. The standard InChI is InChI=1S/C12H17F2NO3S/c1-2-19(17,18)6-5-15-8-12(16)10-4-3-9(13)7-11(10)14/h3-4,7,12,15-16H,2,5-6,8H2,1H3. The maximum atomic E-state index is 13.3. The summed E-state index contributed by atoms with van der Waals surface area (Å²) in [6.07, 6.45) is -1.15. The number of benzene rings is 1. The summed E-state index contributed by atoms with van der Waals surface area (Å²) in [6, 6.07) is 2.92. The second-order valence-electron chi connectivity index (χ2n) is 4.12. The highest BCUT2D eigenvalue weighted by Gasteiger charge is 2.13. The quantitative estimate of drug-likeness (QED) is 0.737. The first-order chi connectivity index (χ1) is 8.85. The van der Waals surface area contributed by atoms with E-state index in [4.69, 9.17) is 0 Å². The largest absolute Gasteiger partial charge is 0.387 e. The molecular weight excluding hydrogens is 276 g/mol. The smallest absolute Gasteiger partial charge is 0.151 e. The summed E-state index contributed by atoms with van der Waals surface area (Å²) in [7, 11) is -3.06. The first-order valence-corrected chi connectivity index (χ1v) is 7.72. The van der Waals surface area contributed by atoms with Gasteiger partial charge in [-0.3, -0.25) is 0 Å². The molecule has 0 saturated heterocycles. The number of nitrogens with one attached hydrogen (secondary N) is 1. The minimum atomic E-state index is -3.06. The minimum absolute atomic E-state index is 0.00177. The van der Waals surface area contributed by atoms with Gasteiger partial charge in [0.15, 0.2) is 9.84 Å². The molecule has 0 amide bonds. The number of sulfone groups is 1. The zero-order valence-electron chi connectivity index (χ0n) is 10.6. The predicted octanol–water partition coefficient (Wildman–Crippen LogP) is 1.02. The molecule has 1 atom stereocenters. The van der Waals surface area contributed by atoms with E-state index >= 15 is 0 Å². The fraction of sp³-hybridized carbons (Fsp3) is 0.500. The van der Waals surface area contributed by atoms with E-state index in [2.05, 4.69) is 5.32 Å². The number of halogens is 2. The Morgan fingerprint density at radius 1 is 1.37 bits per heavy atom. The SMILES string of the molecule is CCS(=O)(=O)CCNCC(O)c1ccc(F)cc1F. The lowest BCUT2D eigenvalue weighted by Gasteiger charge is -2.13. The second-order valence-corrected chi connectivity index (χ2v) is 6.59. The van der Waals surface area contributed by atoms with E-state index in [-0.39, 0.29) is 30.2 Å². The maximum Gasteiger partial charge on any atom is 0.151 e. The molecule has 0 aromatic heterocycles. The van der Waals surface area contributed by atoms with Crippen molar-refractivity contribution in [3.05, 3.63) is 35.4 Å². The molecule has 1 aromatic carbocycles. The first kappa shape index (κ1) is 16.0. The molecule has 0 radical (unpaired) electrons. The van der Waals surface area contributed by atoms with Crippen LogP contribution in [0.3, 0.4) is 0 Å². The van der Waals surface area contributed by atoms with E-state index in [1.54, 1.807) is 6.92 Å². The summed E-state index contributed by atoms with van der Waals surface area (Å²) in [6.45, 7) is 1.73. The highest BCUT2D eigenvalue weighted by molar-refractivity contribution is 7.91. The summed E-state index contributed by atoms with van der Waals surface area (Å²) >= 11 is 0. The summed E-state index contributed by atoms with van der Waals surface area (Å²) in [5.41, 5.74) is -0.0211. The van der Waals surface area contributed by atoms with Gasteiger partial charge in [-0.25, -0.2) is 17.2 Å². The van der Waals surface area contributed by atoms with Crippen molar-refractivity contribution in [2.24, 2.45) is 0 Å². The normalized spacial score (nSPS) is 13.5. The van der Waals surface area contributed by atoms with Gasteiger partial charge in [0.1, 0.15) is 11.6 Å². The fourth-order valence-electron chi connectivity index (χ4n) is 1.49. The molecule has 2 N–H and O–H groups in total. The number of aliphatic hydroxyl groups is 1. The Bertz CT molecular complexity index is 520. The molecular formula is C12H17F2NO3S. The van der Waals surface area contributed by atoms with Crippen LogP contribution in [-0.2, 0) is 9.84 Å². The molecule has 108 valence electrons. The Morgan fingerprint density at radius 3 is 2.63 bits per heavy atom. The van der Waals surface area contributed by atoms with Crippen LogP contribution in [0, 0.1) is 11.6 Å². The van der Waals surface area contributed by atoms with Crippen LogP contribution >= 0.6 is 0 Å². The molecule has 0 fully saturated rings. The molecule has 7 heteroatoms. The van der Waals surface area contributed by atoms with E-state index < -0.39 is 27.6 Å². The van der Waals surface area contributed by atoms with Gasteiger partial charge in [0.25, 0.3) is 0 Å². The lowest BCUT2D eigenvalue weighted by Crippen LogP contribution is -2.28. The fourth-order valence-corrected chi connectivity index (χ4v) is 2.24. The molecule has 1 rings (SSSR count). The summed E-state index contributed by atoms with van der Waals surface area (Å²) < 4.78 is 48.4. The Balaban J connectivity index is 2.45. The van der Waals surface area contributed by atoms with E-state index in [9.17, 15) is 22.3 Å². The van der Waals surface area contributed by atoms with E-state index in [1.165, 1.54) is 6.07 Å². The van der Waals surface area contributed by atoms with Gasteiger partial charge in [-0.2, -0.15) is 0 Å². The Labute approximate surface area is 111 Å². The molecule has 0 spiro atoms. The molecule has 0 aliphatic rings. The van der Waals surface area contributed by atoms with Crippen molar-refractivity contribution in [3.8, 4) is 0 Å². The van der Waals surface area contributed by atoms with Crippen LogP contribution in [-0.4, -0.2) is 38.1 Å². The zero-order valence-corrected chi connectivity index (χ0v) is 11.4. The molecule has 4 nitrogen and oxygen atoms in total. The number of rotatable bonds is 7. The van der Waals surface area contributed by atoms with Gasteiger partial charge in [-0.1, -0.05) is 13.0 Å². The number of aliphatic hydroxyl groups excluding tert-OH is 1. The summed E-state index contributed by atoms with van der Waals surface area (Å²) in [4.78, 5) is 0. The summed E-state index contributed by atoms with van der Waals surface area (Å²) in [5.74, 6) is -1.52. The highest BCUT2D eigenvalue weighted by atomic mass is 32.2. The van der Waals surface area contributed by atoms with Gasteiger partial charge in [0.05, 0.1) is 11.9 Å². The van der Waals surface area contributed by atoms with Crippen LogP contribution in [0.25, 0.3) is 0 Å². The number of hydrogen-bond acceptors (Lipinski definition) is 4. The summed E-state index contributed by atoms with van der Waals surface area (Å²) in [5, 5.41) is 12.4. The van der Waals surface area contributed by atoms with Gasteiger partial charge >= 0.3 is 0 Å². The zero-order chi connectivity index (χ0) is 14.5. The number of hydrogen-bond donors (Lipinski definition) is 2. The third-order valence-electron chi connectivity index (χ3n) is 2.69. The average Bonchev–Trinajstić information content (AvgIpc) is 2.34. The molecule has 1 unspecified atom stereocenters. The van der Waals surface area contributed by atoms with Crippen LogP contribution in [0.15, 0.2) is 18.2 Å². The average molecular weight is 293 g/mol. The van der Waals surface area contributed by atoms with Gasteiger partial charge in [0.2, 0.25) is 0 Å². The second kappa shape index (κ2) is 6.93. The Morgan fingerprint density at radius 2 is 2.05 bits per heavy atom. The molecule has 0 aliphatic heterocycles. The molecule has 0 saturated carbocycles.